The van der Waals surface area contributed by atoms with E-state index in [0.29, 0.717) is 0 Å². The van der Waals surface area contributed by atoms with E-state index in [1.165, 1.54) is 16.8 Å². The van der Waals surface area contributed by atoms with Crippen molar-refractivity contribution in [1.82, 2.24) is 9.55 Å². The Kier molecular flexibility index (Phi) is 7.91. The molecule has 10 heteroatoms. The monoisotopic (exact) mass is 516 g/mol. The predicted molar refractivity (Wildman–Crippen MR) is 139 cm³/mol. The van der Waals surface area contributed by atoms with E-state index in [-0.39, 0.29) is 16.7 Å². The van der Waals surface area contributed by atoms with Gasteiger partial charge in [0.25, 0.3) is 5.56 Å². The zero-order valence-corrected chi connectivity index (χ0v) is 24.5. The summed E-state index contributed by atoms with van der Waals surface area (Å²) < 4.78 is 21.2. The first kappa shape index (κ1) is 28.3. The summed E-state index contributed by atoms with van der Waals surface area (Å²) in [4.78, 5) is 26.4. The van der Waals surface area contributed by atoms with Crippen LogP contribution in [0.4, 0.5) is 0 Å². The van der Waals surface area contributed by atoms with Crippen molar-refractivity contribution in [3.63, 3.8) is 0 Å². The van der Waals surface area contributed by atoms with Gasteiger partial charge in [0.1, 0.15) is 17.1 Å². The zero-order chi connectivity index (χ0) is 25.6. The van der Waals surface area contributed by atoms with Gasteiger partial charge in [-0.15, -0.1) is 18.2 Å². The molecule has 33 heavy (non-hydrogen) atoms. The Morgan fingerprint density at radius 3 is 2.15 bits per heavy atom. The van der Waals surface area contributed by atoms with Crippen molar-refractivity contribution in [2.75, 3.05) is 6.61 Å². The summed E-state index contributed by atoms with van der Waals surface area (Å²) in [6, 6.07) is 1.28. The number of H-pyrrole nitrogens is 1. The predicted octanol–water partition coefficient (Wildman–Crippen LogP) is 5.01. The number of aromatic amines is 1. The molecule has 0 radical (unpaired) electrons. The Morgan fingerprint density at radius 1 is 1.15 bits per heavy atom. The molecule has 4 atom stereocenters. The summed E-state index contributed by atoms with van der Waals surface area (Å²) in [7, 11) is -4.42. The topological polar surface area (TPSA) is 82.5 Å². The number of aromatic nitrogens is 2. The summed E-state index contributed by atoms with van der Waals surface area (Å²) in [5.41, 5.74) is -2.13. The number of rotatable bonds is 7. The lowest BCUT2D eigenvalue weighted by Crippen LogP contribution is -2.55. The number of hydrogen-bond donors (Lipinski definition) is 1. The number of alkyl halides is 1. The van der Waals surface area contributed by atoms with Crippen molar-refractivity contribution in [2.45, 2.75) is 101 Å². The summed E-state index contributed by atoms with van der Waals surface area (Å²) in [6.45, 7) is 25.9. The van der Waals surface area contributed by atoms with Crippen LogP contribution in [0.25, 0.3) is 0 Å². The zero-order valence-electron chi connectivity index (χ0n) is 21.7. The highest BCUT2D eigenvalue weighted by molar-refractivity contribution is 6.74. The lowest BCUT2D eigenvalue weighted by atomic mass is 9.98. The minimum atomic E-state index is -2.28. The Balaban J connectivity index is 2.55. The van der Waals surface area contributed by atoms with E-state index in [2.05, 4.69) is 79.3 Å². The van der Waals surface area contributed by atoms with Gasteiger partial charge in [-0.25, -0.2) is 4.79 Å². The third-order valence-electron chi connectivity index (χ3n) is 7.55. The van der Waals surface area contributed by atoms with Gasteiger partial charge in [-0.1, -0.05) is 47.6 Å². The Bertz CT molecular complexity index is 977. The fourth-order valence-electron chi connectivity index (χ4n) is 3.12. The van der Waals surface area contributed by atoms with Crippen molar-refractivity contribution in [1.29, 1.82) is 0 Å². The second-order valence-electron chi connectivity index (χ2n) is 12.0. The maximum absolute atomic E-state index is 12.6. The van der Waals surface area contributed by atoms with Gasteiger partial charge in [0.05, 0.1) is 6.61 Å². The summed E-state index contributed by atoms with van der Waals surface area (Å²) in [5.74, 6) is 0. The van der Waals surface area contributed by atoms with E-state index >= 15 is 0 Å². The van der Waals surface area contributed by atoms with E-state index in [0.717, 1.165) is 0 Å². The molecule has 0 aliphatic carbocycles. The van der Waals surface area contributed by atoms with Gasteiger partial charge in [0.2, 0.25) is 0 Å². The van der Waals surface area contributed by atoms with E-state index < -0.39 is 51.2 Å². The molecule has 188 valence electrons. The molecule has 0 aromatic carbocycles. The molecular formula is C23H41ClN2O5Si2. The molecule has 1 aliphatic heterocycles. The highest BCUT2D eigenvalue weighted by Gasteiger charge is 2.58. The number of nitrogens with one attached hydrogen (secondary N) is 1. The standard InChI is InChI=1S/C23H41ClN2O5Si2/c1-12-23(15-29-32(8,9)21(2,3)4)18(31-33(10,11)22(5,6)7)17(24)19(30-23)26-14-13-16(27)25-20(26)28/h12-14,17-19H,1,15H2,2-11H3,(H,25,27,28)/t17-,18+,19-,23-/m1/s1. The van der Waals surface area contributed by atoms with Crippen LogP contribution in [0.5, 0.6) is 0 Å². The number of halogens is 1. The lowest BCUT2D eigenvalue weighted by Gasteiger charge is -2.44. The summed E-state index contributed by atoms with van der Waals surface area (Å²) >= 11 is 6.98. The average molecular weight is 517 g/mol. The first-order valence-corrected chi connectivity index (χ1v) is 17.6. The number of hydrogen-bond acceptors (Lipinski definition) is 5. The van der Waals surface area contributed by atoms with E-state index in [4.69, 9.17) is 25.2 Å². The van der Waals surface area contributed by atoms with Crippen LogP contribution < -0.4 is 11.2 Å². The quantitative estimate of drug-likeness (QED) is 0.313. The third-order valence-corrected chi connectivity index (χ3v) is 16.9. The fraction of sp³-hybridized carbons (Fsp3) is 0.739. The van der Waals surface area contributed by atoms with Crippen molar-refractivity contribution in [3.05, 3.63) is 45.8 Å². The van der Waals surface area contributed by atoms with Gasteiger partial charge >= 0.3 is 5.69 Å². The maximum Gasteiger partial charge on any atom is 0.330 e. The minimum Gasteiger partial charge on any atom is -0.413 e. The van der Waals surface area contributed by atoms with Crippen LogP contribution in [0.15, 0.2) is 34.5 Å². The lowest BCUT2D eigenvalue weighted by molar-refractivity contribution is -0.0920. The number of nitrogens with zero attached hydrogens (tertiary/aromatic N) is 1. The third kappa shape index (κ3) is 5.65. The Hall–Kier alpha value is -0.976. The van der Waals surface area contributed by atoms with Gasteiger partial charge in [-0.05, 0) is 36.3 Å². The van der Waals surface area contributed by atoms with Gasteiger partial charge in [0.15, 0.2) is 22.9 Å². The van der Waals surface area contributed by atoms with Crippen LogP contribution in [-0.4, -0.2) is 49.9 Å². The van der Waals surface area contributed by atoms with Crippen LogP contribution >= 0.6 is 11.6 Å². The molecule has 7 nitrogen and oxygen atoms in total. The van der Waals surface area contributed by atoms with Gasteiger partial charge in [0, 0.05) is 12.3 Å². The van der Waals surface area contributed by atoms with Crippen LogP contribution in [-0.2, 0) is 13.6 Å². The van der Waals surface area contributed by atoms with Crippen LogP contribution in [0, 0.1) is 0 Å². The van der Waals surface area contributed by atoms with Crippen LogP contribution in [0.2, 0.25) is 36.3 Å². The fourth-order valence-corrected chi connectivity index (χ4v) is 6.00. The normalized spacial score (nSPS) is 27.1. The second-order valence-corrected chi connectivity index (χ2v) is 22.0. The number of ether oxygens (including phenoxy) is 1. The van der Waals surface area contributed by atoms with Gasteiger partial charge < -0.3 is 13.6 Å². The second kappa shape index (κ2) is 9.24. The molecule has 0 unspecified atom stereocenters. The SMILES string of the molecule is C=C[C@]1(CO[Si](C)(C)C(C)(C)C)O[C@@H](n2ccc(=O)[nH]c2=O)[C@H](Cl)[C@@H]1O[Si](C)(C)C(C)(C)C. The first-order chi connectivity index (χ1) is 14.8. The molecular weight excluding hydrogens is 476 g/mol. The van der Waals surface area contributed by atoms with E-state index in [1.807, 2.05) is 0 Å². The smallest absolute Gasteiger partial charge is 0.330 e. The molecule has 1 aromatic heterocycles. The molecule has 1 saturated heterocycles. The van der Waals surface area contributed by atoms with Gasteiger partial charge in [-0.3, -0.25) is 14.3 Å². The van der Waals surface area contributed by atoms with Crippen molar-refractivity contribution in [3.8, 4) is 0 Å². The van der Waals surface area contributed by atoms with Crippen LogP contribution in [0.3, 0.4) is 0 Å². The average Bonchev–Trinajstić information content (AvgIpc) is 2.91. The molecule has 0 amide bonds. The van der Waals surface area contributed by atoms with Crippen LogP contribution in [0.1, 0.15) is 47.8 Å². The molecule has 0 spiro atoms. The maximum atomic E-state index is 12.6. The molecule has 1 N–H and O–H groups in total. The van der Waals surface area contributed by atoms with Gasteiger partial charge in [-0.2, -0.15) is 0 Å². The Labute approximate surface area is 204 Å². The molecule has 0 bridgehead atoms. The first-order valence-electron chi connectivity index (χ1n) is 11.4. The molecule has 1 aromatic rings. The molecule has 2 heterocycles. The van der Waals surface area contributed by atoms with Crippen molar-refractivity contribution in [2.24, 2.45) is 0 Å². The summed E-state index contributed by atoms with van der Waals surface area (Å²) in [6.07, 6.45) is 1.65. The molecule has 1 fully saturated rings. The van der Waals surface area contributed by atoms with E-state index in [9.17, 15) is 9.59 Å². The molecule has 1 aliphatic rings. The highest BCUT2D eigenvalue weighted by atomic mass is 35.5. The molecule has 2 rings (SSSR count). The summed E-state index contributed by atoms with van der Waals surface area (Å²) in [5, 5.41) is -0.771. The Morgan fingerprint density at radius 2 is 1.70 bits per heavy atom. The van der Waals surface area contributed by atoms with E-state index in [1.54, 1.807) is 6.08 Å². The molecule has 0 saturated carbocycles. The minimum absolute atomic E-state index is 0.000624. The highest BCUT2D eigenvalue weighted by Crippen LogP contribution is 2.48. The van der Waals surface area contributed by atoms with Crippen molar-refractivity contribution < 1.29 is 13.6 Å². The largest absolute Gasteiger partial charge is 0.413 e. The van der Waals surface area contributed by atoms with Crippen molar-refractivity contribution >= 4 is 28.2 Å².